The zero-order chi connectivity index (χ0) is 28.7. The number of amides is 4. The molecule has 2 aliphatic carbocycles. The van der Waals surface area contributed by atoms with Crippen molar-refractivity contribution < 1.29 is 24.3 Å². The van der Waals surface area contributed by atoms with E-state index in [0.29, 0.717) is 28.8 Å². The molecule has 0 spiro atoms. The molecule has 2 heterocycles. The van der Waals surface area contributed by atoms with Gasteiger partial charge in [-0.1, -0.05) is 51.9 Å². The van der Waals surface area contributed by atoms with Crippen LogP contribution in [0.4, 0.5) is 5.69 Å². The number of aromatic hydroxyl groups is 1. The molecule has 6 atom stereocenters. The van der Waals surface area contributed by atoms with Gasteiger partial charge >= 0.3 is 0 Å². The van der Waals surface area contributed by atoms with E-state index in [-0.39, 0.29) is 30.4 Å². The highest BCUT2D eigenvalue weighted by Gasteiger charge is 2.76. The number of hydrogen-bond donors (Lipinski definition) is 1. The monoisotopic (exact) mass is 642 g/mol. The lowest BCUT2D eigenvalue weighted by Gasteiger charge is -2.50. The van der Waals surface area contributed by atoms with E-state index in [0.717, 1.165) is 9.37 Å². The van der Waals surface area contributed by atoms with Crippen molar-refractivity contribution in [1.82, 2.24) is 4.90 Å². The minimum absolute atomic E-state index is 0.0739. The first-order valence-electron chi connectivity index (χ1n) is 12.9. The van der Waals surface area contributed by atoms with E-state index in [4.69, 9.17) is 23.2 Å². The topological polar surface area (TPSA) is 95.0 Å². The van der Waals surface area contributed by atoms with Gasteiger partial charge in [-0.05, 0) is 55.0 Å². The lowest BCUT2D eigenvalue weighted by atomic mass is 9.56. The molecule has 3 fully saturated rings. The molecule has 0 radical (unpaired) electrons. The number of anilines is 1. The second kappa shape index (κ2) is 9.29. The smallest absolute Gasteiger partial charge is 0.253 e. The van der Waals surface area contributed by atoms with Gasteiger partial charge in [0.05, 0.1) is 17.5 Å². The fraction of sp³-hybridized carbons (Fsp3) is 0.333. The number of carbonyl (C=O) groups excluding carboxylic acids is 4. The standard InChI is InChI=1S/C30H25BrCl2N2O5/c1-3-5-15-6-4-7-20(24(15)36)23-18-12-13-19-22(26(38)35(25(19)37)17-10-8-16(31)9-11-17)21(18)14-29(32)27(39)34(2)28(40)30(23,29)33/h3-4,6-12,19,21-23,36H,1,5,13-14H2,2H3. The second-order valence-electron chi connectivity index (χ2n) is 10.8. The number of fused-ring (bicyclic) bond motifs is 4. The van der Waals surface area contributed by atoms with E-state index in [1.54, 1.807) is 48.5 Å². The van der Waals surface area contributed by atoms with Gasteiger partial charge in [-0.25, -0.2) is 0 Å². The van der Waals surface area contributed by atoms with Crippen molar-refractivity contribution in [3.8, 4) is 5.75 Å². The molecule has 2 aromatic rings. The number of nitrogens with zero attached hydrogens (tertiary/aromatic N) is 2. The largest absolute Gasteiger partial charge is 0.507 e. The lowest BCUT2D eigenvalue weighted by molar-refractivity contribution is -0.138. The number of alkyl halides is 2. The second-order valence-corrected chi connectivity index (χ2v) is 13.0. The van der Waals surface area contributed by atoms with Crippen molar-refractivity contribution in [2.24, 2.45) is 17.8 Å². The summed E-state index contributed by atoms with van der Waals surface area (Å²) in [5.74, 6) is -5.24. The molecule has 2 aromatic carbocycles. The van der Waals surface area contributed by atoms with Crippen molar-refractivity contribution >= 4 is 68.4 Å². The minimum Gasteiger partial charge on any atom is -0.507 e. The molecule has 1 saturated carbocycles. The van der Waals surface area contributed by atoms with Crippen molar-refractivity contribution in [2.45, 2.75) is 34.9 Å². The number of carbonyl (C=O) groups is 4. The fourth-order valence-corrected chi connectivity index (χ4v) is 8.37. The molecule has 2 saturated heterocycles. The predicted molar refractivity (Wildman–Crippen MR) is 154 cm³/mol. The zero-order valence-corrected chi connectivity index (χ0v) is 24.5. The number of para-hydroxylation sites is 1. The normalized spacial score (nSPS) is 33.0. The van der Waals surface area contributed by atoms with Crippen LogP contribution in [0.15, 0.2) is 71.2 Å². The summed E-state index contributed by atoms with van der Waals surface area (Å²) in [7, 11) is 1.34. The average Bonchev–Trinajstić information content (AvgIpc) is 3.26. The third kappa shape index (κ3) is 3.42. The Hall–Kier alpha value is -2.94. The molecule has 40 heavy (non-hydrogen) atoms. The van der Waals surface area contributed by atoms with E-state index in [1.165, 1.54) is 11.9 Å². The van der Waals surface area contributed by atoms with E-state index < -0.39 is 45.2 Å². The van der Waals surface area contributed by atoms with Gasteiger partial charge in [0.2, 0.25) is 11.8 Å². The van der Waals surface area contributed by atoms with Crippen molar-refractivity contribution in [3.05, 3.63) is 82.4 Å². The lowest BCUT2D eigenvalue weighted by Crippen LogP contribution is -2.60. The van der Waals surface area contributed by atoms with E-state index in [1.807, 2.05) is 6.08 Å². The summed E-state index contributed by atoms with van der Waals surface area (Å²) in [4.78, 5) is 53.1. The average molecular weight is 644 g/mol. The van der Waals surface area contributed by atoms with Crippen LogP contribution in [0.3, 0.4) is 0 Å². The maximum absolute atomic E-state index is 14.0. The summed E-state index contributed by atoms with van der Waals surface area (Å²) in [6.45, 7) is 3.75. The Kier molecular flexibility index (Phi) is 6.33. The first-order chi connectivity index (χ1) is 19.0. The van der Waals surface area contributed by atoms with Crippen LogP contribution in [0.25, 0.3) is 0 Å². The molecule has 4 amide bonds. The maximum Gasteiger partial charge on any atom is 0.253 e. The van der Waals surface area contributed by atoms with Crippen molar-refractivity contribution in [2.75, 3.05) is 11.9 Å². The number of hydrogen-bond acceptors (Lipinski definition) is 5. The maximum atomic E-state index is 14.0. The van der Waals surface area contributed by atoms with Gasteiger partial charge < -0.3 is 5.11 Å². The third-order valence-electron chi connectivity index (χ3n) is 8.93. The van der Waals surface area contributed by atoms with Crippen LogP contribution in [-0.4, -0.2) is 50.4 Å². The zero-order valence-electron chi connectivity index (χ0n) is 21.4. The van der Waals surface area contributed by atoms with Gasteiger partial charge in [0.1, 0.15) is 5.75 Å². The number of phenols is 1. The molecule has 6 unspecified atom stereocenters. The Morgan fingerprint density at radius 3 is 2.42 bits per heavy atom. The van der Waals surface area contributed by atoms with Gasteiger partial charge in [0, 0.05) is 23.0 Å². The molecule has 0 aromatic heterocycles. The first-order valence-corrected chi connectivity index (χ1v) is 14.5. The van der Waals surface area contributed by atoms with E-state index in [9.17, 15) is 24.3 Å². The minimum atomic E-state index is -1.95. The van der Waals surface area contributed by atoms with Gasteiger partial charge in [-0.3, -0.25) is 29.0 Å². The van der Waals surface area contributed by atoms with Crippen LogP contribution in [0, 0.1) is 17.8 Å². The summed E-state index contributed by atoms with van der Waals surface area (Å²) >= 11 is 17.8. The summed E-state index contributed by atoms with van der Waals surface area (Å²) in [6.07, 6.45) is 4.01. The number of imide groups is 2. The molecular weight excluding hydrogens is 619 g/mol. The highest BCUT2D eigenvalue weighted by Crippen LogP contribution is 2.66. The van der Waals surface area contributed by atoms with Crippen LogP contribution < -0.4 is 4.90 Å². The molecule has 1 N–H and O–H groups in total. The van der Waals surface area contributed by atoms with Gasteiger partial charge in [-0.2, -0.15) is 0 Å². The molecule has 0 bridgehead atoms. The third-order valence-corrected chi connectivity index (χ3v) is 10.9. The number of allylic oxidation sites excluding steroid dienone is 3. The van der Waals surface area contributed by atoms with E-state index in [2.05, 4.69) is 22.5 Å². The number of likely N-dealkylation sites (tertiary alicyclic amines) is 1. The summed E-state index contributed by atoms with van der Waals surface area (Å²) in [5.41, 5.74) is 2.00. The van der Waals surface area contributed by atoms with Gasteiger partial charge in [0.25, 0.3) is 11.8 Å². The molecule has 206 valence electrons. The van der Waals surface area contributed by atoms with Crippen LogP contribution in [0.5, 0.6) is 5.75 Å². The number of rotatable bonds is 4. The molecule has 6 rings (SSSR count). The van der Waals surface area contributed by atoms with Crippen molar-refractivity contribution in [1.29, 1.82) is 0 Å². The van der Waals surface area contributed by atoms with Crippen LogP contribution >= 0.6 is 39.1 Å². The number of benzene rings is 2. The summed E-state index contributed by atoms with van der Waals surface area (Å²) in [6, 6.07) is 12.0. The highest BCUT2D eigenvalue weighted by atomic mass is 79.9. The van der Waals surface area contributed by atoms with Crippen LogP contribution in [0.2, 0.25) is 0 Å². The Labute approximate surface area is 249 Å². The SMILES string of the molecule is C=CCc1cccc(C2C3=CCC4C(=O)N(c5ccc(Br)cc5)C(=O)C4C3CC3(Cl)C(=O)N(C)C(=O)C23Cl)c1O. The van der Waals surface area contributed by atoms with Gasteiger partial charge in [-0.15, -0.1) is 29.8 Å². The Morgan fingerprint density at radius 2 is 1.75 bits per heavy atom. The number of halogens is 3. The van der Waals surface area contributed by atoms with E-state index >= 15 is 0 Å². The fourth-order valence-electron chi connectivity index (χ4n) is 7.10. The quantitative estimate of drug-likeness (QED) is 0.285. The van der Waals surface area contributed by atoms with Crippen LogP contribution in [0.1, 0.15) is 29.9 Å². The molecule has 2 aliphatic heterocycles. The van der Waals surface area contributed by atoms with Gasteiger partial charge in [0.15, 0.2) is 9.75 Å². The molecule has 10 heteroatoms. The van der Waals surface area contributed by atoms with Crippen LogP contribution in [-0.2, 0) is 25.6 Å². The Balaban J connectivity index is 1.53. The Bertz CT molecular complexity index is 1540. The number of phenolic OH excluding ortho intramolecular Hbond substituents is 1. The first kappa shape index (κ1) is 27.2. The highest BCUT2D eigenvalue weighted by molar-refractivity contribution is 9.10. The summed E-state index contributed by atoms with van der Waals surface area (Å²) < 4.78 is 0.807. The predicted octanol–water partition coefficient (Wildman–Crippen LogP) is 5.08. The Morgan fingerprint density at radius 1 is 1.05 bits per heavy atom. The molecule has 4 aliphatic rings. The molecular formula is C30H25BrCl2N2O5. The molecule has 7 nitrogen and oxygen atoms in total. The summed E-state index contributed by atoms with van der Waals surface area (Å²) in [5, 5.41) is 11.4. The van der Waals surface area contributed by atoms with Crippen molar-refractivity contribution in [3.63, 3.8) is 0 Å².